The van der Waals surface area contributed by atoms with Gasteiger partial charge < -0.3 is 4.74 Å². The predicted molar refractivity (Wildman–Crippen MR) is 73.1 cm³/mol. The summed E-state index contributed by atoms with van der Waals surface area (Å²) in [6, 6.07) is 0. The van der Waals surface area contributed by atoms with E-state index in [2.05, 4.69) is 6.58 Å². The highest BCUT2D eigenvalue weighted by Gasteiger charge is 2.02. The maximum absolute atomic E-state index is 10.9. The summed E-state index contributed by atoms with van der Waals surface area (Å²) in [4.78, 5) is 21.7. The highest BCUT2D eigenvalue weighted by Crippen LogP contribution is 2.12. The number of esters is 1. The summed E-state index contributed by atoms with van der Waals surface area (Å²) in [6.07, 6.45) is 6.94. The van der Waals surface area contributed by atoms with E-state index in [9.17, 15) is 9.59 Å². The van der Waals surface area contributed by atoms with Gasteiger partial charge in [0.15, 0.2) is 5.78 Å². The Kier molecular flexibility index (Phi) is 7.36. The van der Waals surface area contributed by atoms with Crippen molar-refractivity contribution in [3.05, 3.63) is 47.6 Å². The number of hydrogen-bond acceptors (Lipinski definition) is 3. The van der Waals surface area contributed by atoms with Crippen molar-refractivity contribution in [2.24, 2.45) is 0 Å². The van der Waals surface area contributed by atoms with Crippen molar-refractivity contribution in [1.29, 1.82) is 0 Å². The average molecular weight is 248 g/mol. The molecule has 0 atom stereocenters. The second kappa shape index (κ2) is 8.23. The summed E-state index contributed by atoms with van der Waals surface area (Å²) in [6.45, 7) is 10.6. The molecular formula is C15H20O3. The van der Waals surface area contributed by atoms with Crippen LogP contribution in [0.1, 0.15) is 27.7 Å². The van der Waals surface area contributed by atoms with Crippen LogP contribution >= 0.6 is 0 Å². The Balaban J connectivity index is 4.96. The minimum absolute atomic E-state index is 0.0142. The summed E-state index contributed by atoms with van der Waals surface area (Å²) in [5, 5.41) is 0. The maximum atomic E-state index is 10.9. The molecule has 0 aliphatic carbocycles. The van der Waals surface area contributed by atoms with Crippen LogP contribution in [0.15, 0.2) is 47.6 Å². The molecule has 18 heavy (non-hydrogen) atoms. The zero-order chi connectivity index (χ0) is 14.1. The van der Waals surface area contributed by atoms with Crippen molar-refractivity contribution in [2.75, 3.05) is 6.61 Å². The Morgan fingerprint density at radius 1 is 1.17 bits per heavy atom. The van der Waals surface area contributed by atoms with E-state index in [-0.39, 0.29) is 18.4 Å². The Hall–Kier alpha value is -1.90. The molecule has 0 bridgehead atoms. The number of allylic oxidation sites excluding steroid dienone is 5. The fourth-order valence-electron chi connectivity index (χ4n) is 1.11. The molecule has 0 aliphatic rings. The first kappa shape index (κ1) is 16.1. The van der Waals surface area contributed by atoms with E-state index in [4.69, 9.17) is 4.74 Å². The average Bonchev–Trinajstić information content (AvgIpc) is 2.27. The second-order valence-corrected chi connectivity index (χ2v) is 3.96. The van der Waals surface area contributed by atoms with Crippen LogP contribution in [0.4, 0.5) is 0 Å². The van der Waals surface area contributed by atoms with Crippen molar-refractivity contribution in [3.8, 4) is 0 Å². The van der Waals surface area contributed by atoms with Gasteiger partial charge in [0, 0.05) is 6.92 Å². The molecule has 0 fully saturated rings. The molecule has 0 aromatic rings. The normalized spacial score (nSPS) is 12.7. The van der Waals surface area contributed by atoms with Gasteiger partial charge >= 0.3 is 5.97 Å². The largest absolute Gasteiger partial charge is 0.461 e. The number of ketones is 1. The first-order valence-corrected chi connectivity index (χ1v) is 5.71. The molecule has 0 rings (SSSR count). The number of ether oxygens (including phenoxy) is 1. The summed E-state index contributed by atoms with van der Waals surface area (Å²) in [7, 11) is 0. The lowest BCUT2D eigenvalue weighted by atomic mass is 10.1. The van der Waals surface area contributed by atoms with Crippen molar-refractivity contribution in [2.45, 2.75) is 27.7 Å². The zero-order valence-corrected chi connectivity index (χ0v) is 11.4. The molecule has 0 heterocycles. The van der Waals surface area contributed by atoms with E-state index in [0.717, 1.165) is 16.7 Å². The van der Waals surface area contributed by atoms with Crippen LogP contribution in [0.5, 0.6) is 0 Å². The molecule has 0 N–H and O–H groups in total. The quantitative estimate of drug-likeness (QED) is 0.412. The van der Waals surface area contributed by atoms with Crippen molar-refractivity contribution >= 4 is 11.8 Å². The van der Waals surface area contributed by atoms with Crippen LogP contribution < -0.4 is 0 Å². The van der Waals surface area contributed by atoms with Gasteiger partial charge in [-0.05, 0) is 44.1 Å². The first-order chi connectivity index (χ1) is 8.36. The molecule has 3 heteroatoms. The topological polar surface area (TPSA) is 43.4 Å². The van der Waals surface area contributed by atoms with Gasteiger partial charge in [-0.1, -0.05) is 24.3 Å². The minimum Gasteiger partial charge on any atom is -0.461 e. The Labute approximate surface area is 109 Å². The highest BCUT2D eigenvalue weighted by molar-refractivity contribution is 5.87. The lowest BCUT2D eigenvalue weighted by molar-refractivity contribution is -0.139. The fourth-order valence-corrected chi connectivity index (χ4v) is 1.11. The highest BCUT2D eigenvalue weighted by atomic mass is 16.5. The van der Waals surface area contributed by atoms with Gasteiger partial charge in [0.05, 0.1) is 0 Å². The maximum Gasteiger partial charge on any atom is 0.302 e. The van der Waals surface area contributed by atoms with E-state index in [1.54, 1.807) is 6.08 Å². The van der Waals surface area contributed by atoms with Crippen molar-refractivity contribution in [3.63, 3.8) is 0 Å². The lowest BCUT2D eigenvalue weighted by Crippen LogP contribution is -2.04. The van der Waals surface area contributed by atoms with Gasteiger partial charge in [-0.25, -0.2) is 0 Å². The predicted octanol–water partition coefficient (Wildman–Crippen LogP) is 3.14. The van der Waals surface area contributed by atoms with Crippen LogP contribution in [0.2, 0.25) is 0 Å². The minimum atomic E-state index is -0.330. The summed E-state index contributed by atoms with van der Waals surface area (Å²) < 4.78 is 4.95. The monoisotopic (exact) mass is 248 g/mol. The molecule has 0 amide bonds. The summed E-state index contributed by atoms with van der Waals surface area (Å²) in [5.41, 5.74) is 2.52. The van der Waals surface area contributed by atoms with Crippen LogP contribution in [0.25, 0.3) is 0 Å². The van der Waals surface area contributed by atoms with Crippen molar-refractivity contribution in [1.82, 2.24) is 0 Å². The van der Waals surface area contributed by atoms with Crippen LogP contribution in [0.3, 0.4) is 0 Å². The molecule has 0 saturated carbocycles. The molecule has 0 aromatic heterocycles. The lowest BCUT2D eigenvalue weighted by Gasteiger charge is -2.07. The zero-order valence-electron chi connectivity index (χ0n) is 11.4. The van der Waals surface area contributed by atoms with Crippen molar-refractivity contribution < 1.29 is 14.3 Å². The Bertz CT molecular complexity index is 423. The van der Waals surface area contributed by atoms with E-state index >= 15 is 0 Å². The van der Waals surface area contributed by atoms with Gasteiger partial charge in [0.25, 0.3) is 0 Å². The molecule has 3 nitrogen and oxygen atoms in total. The van der Waals surface area contributed by atoms with Gasteiger partial charge in [-0.3, -0.25) is 9.59 Å². The third-order valence-electron chi connectivity index (χ3n) is 2.16. The van der Waals surface area contributed by atoms with E-state index in [1.807, 2.05) is 26.0 Å². The number of rotatable bonds is 6. The smallest absolute Gasteiger partial charge is 0.302 e. The molecule has 98 valence electrons. The van der Waals surface area contributed by atoms with E-state index in [1.165, 1.54) is 19.9 Å². The van der Waals surface area contributed by atoms with Crippen LogP contribution in [0, 0.1) is 0 Å². The molecule has 0 aliphatic heterocycles. The fraction of sp³-hybridized carbons (Fsp3) is 0.333. The molecule has 0 unspecified atom stereocenters. The molecule has 0 radical (unpaired) electrons. The third-order valence-corrected chi connectivity index (χ3v) is 2.16. The summed E-state index contributed by atoms with van der Waals surface area (Å²) >= 11 is 0. The standard InChI is InChI=1S/C15H20O3/c1-6-14(8-7-12(4)16)9-15(11(2)3)10-18-13(5)17/h6-9H,2,10H2,1,3-5H3/b8-7+,14-6-,15-9-. The van der Waals surface area contributed by atoms with Gasteiger partial charge in [-0.15, -0.1) is 0 Å². The number of carbonyl (C=O) groups is 2. The van der Waals surface area contributed by atoms with Gasteiger partial charge in [0.1, 0.15) is 6.61 Å². The van der Waals surface area contributed by atoms with E-state index < -0.39 is 0 Å². The molecule has 0 saturated heterocycles. The van der Waals surface area contributed by atoms with Gasteiger partial charge in [0.2, 0.25) is 0 Å². The Morgan fingerprint density at radius 3 is 2.17 bits per heavy atom. The molecular weight excluding hydrogens is 228 g/mol. The Morgan fingerprint density at radius 2 is 1.78 bits per heavy atom. The van der Waals surface area contributed by atoms with Gasteiger partial charge in [-0.2, -0.15) is 0 Å². The SMILES string of the molecule is C=C(C)\C(=C/C(=C\C)/C=C/C(C)=O)COC(C)=O. The van der Waals surface area contributed by atoms with E-state index in [0.29, 0.717) is 0 Å². The first-order valence-electron chi connectivity index (χ1n) is 5.71. The third kappa shape index (κ3) is 7.39. The number of hydrogen-bond donors (Lipinski definition) is 0. The molecule has 0 spiro atoms. The van der Waals surface area contributed by atoms with Crippen LogP contribution in [-0.2, 0) is 14.3 Å². The van der Waals surface area contributed by atoms with Crippen LogP contribution in [-0.4, -0.2) is 18.4 Å². The molecule has 0 aromatic carbocycles. The second-order valence-electron chi connectivity index (χ2n) is 3.96. The number of carbonyl (C=O) groups excluding carboxylic acids is 2. The summed E-state index contributed by atoms with van der Waals surface area (Å²) in [5.74, 6) is -0.344.